The number of rotatable bonds is 3. The van der Waals surface area contributed by atoms with Crippen molar-refractivity contribution >= 4 is 0 Å². The van der Waals surface area contributed by atoms with Crippen molar-refractivity contribution in [2.24, 2.45) is 0 Å². The molecule has 0 amide bonds. The quantitative estimate of drug-likeness (QED) is 0.784. The number of hydrogen-bond donors (Lipinski definition) is 1. The van der Waals surface area contributed by atoms with Gasteiger partial charge in [-0.15, -0.1) is 13.2 Å². The van der Waals surface area contributed by atoms with E-state index >= 15 is 0 Å². The number of phenolic OH excluding ortho intramolecular Hbond substituents is 1. The SMILES string of the molecule is C=CCN1Cc2cccc(O)c2[C@@H](C=C)C1. The van der Waals surface area contributed by atoms with E-state index in [-0.39, 0.29) is 5.92 Å². The Bertz CT molecular complexity index is 411. The Morgan fingerprint density at radius 3 is 2.94 bits per heavy atom. The molecule has 1 N–H and O–H groups in total. The molecule has 84 valence electrons. The van der Waals surface area contributed by atoms with Crippen LogP contribution in [0.1, 0.15) is 17.0 Å². The van der Waals surface area contributed by atoms with Crippen molar-refractivity contribution in [2.75, 3.05) is 13.1 Å². The van der Waals surface area contributed by atoms with Crippen molar-refractivity contribution in [3.05, 3.63) is 54.6 Å². The van der Waals surface area contributed by atoms with Crippen LogP contribution in [0.4, 0.5) is 0 Å². The summed E-state index contributed by atoms with van der Waals surface area (Å²) < 4.78 is 0. The summed E-state index contributed by atoms with van der Waals surface area (Å²) in [6.45, 7) is 10.3. The molecule has 0 saturated carbocycles. The van der Waals surface area contributed by atoms with E-state index in [1.165, 1.54) is 5.56 Å². The van der Waals surface area contributed by atoms with E-state index in [2.05, 4.69) is 24.1 Å². The first-order valence-corrected chi connectivity index (χ1v) is 5.52. The fraction of sp³-hybridized carbons (Fsp3) is 0.286. The molecule has 0 aromatic heterocycles. The summed E-state index contributed by atoms with van der Waals surface area (Å²) in [4.78, 5) is 2.31. The largest absolute Gasteiger partial charge is 0.508 e. The van der Waals surface area contributed by atoms with E-state index in [0.29, 0.717) is 5.75 Å². The van der Waals surface area contributed by atoms with Crippen molar-refractivity contribution in [1.29, 1.82) is 0 Å². The minimum absolute atomic E-state index is 0.213. The van der Waals surface area contributed by atoms with Gasteiger partial charge in [0.05, 0.1) is 0 Å². The minimum atomic E-state index is 0.213. The van der Waals surface area contributed by atoms with Crippen LogP contribution in [0, 0.1) is 0 Å². The van der Waals surface area contributed by atoms with E-state index < -0.39 is 0 Å². The van der Waals surface area contributed by atoms with Gasteiger partial charge in [-0.2, -0.15) is 0 Å². The lowest BCUT2D eigenvalue weighted by Gasteiger charge is -2.33. The molecule has 2 heteroatoms. The third kappa shape index (κ3) is 1.89. The maximum absolute atomic E-state index is 9.89. The Morgan fingerprint density at radius 1 is 1.44 bits per heavy atom. The van der Waals surface area contributed by atoms with Gasteiger partial charge in [0.15, 0.2) is 0 Å². The van der Waals surface area contributed by atoms with Crippen LogP contribution >= 0.6 is 0 Å². The Morgan fingerprint density at radius 2 is 2.25 bits per heavy atom. The maximum atomic E-state index is 9.89. The summed E-state index contributed by atoms with van der Waals surface area (Å²) in [5.41, 5.74) is 2.23. The summed E-state index contributed by atoms with van der Waals surface area (Å²) >= 11 is 0. The van der Waals surface area contributed by atoms with Crippen molar-refractivity contribution in [3.8, 4) is 5.75 Å². The second-order valence-corrected chi connectivity index (χ2v) is 4.17. The zero-order valence-electron chi connectivity index (χ0n) is 9.39. The van der Waals surface area contributed by atoms with Crippen molar-refractivity contribution in [3.63, 3.8) is 0 Å². The standard InChI is InChI=1S/C14H17NO/c1-3-8-15-9-11(4-2)14-12(10-15)6-5-7-13(14)16/h3-7,11,16H,1-2,8-10H2/t11-/m0/s1. The van der Waals surface area contributed by atoms with Gasteiger partial charge in [-0.3, -0.25) is 4.90 Å². The van der Waals surface area contributed by atoms with E-state index in [9.17, 15) is 5.11 Å². The molecule has 0 radical (unpaired) electrons. The molecule has 0 saturated heterocycles. The molecule has 1 aliphatic rings. The fourth-order valence-corrected chi connectivity index (χ4v) is 2.35. The summed E-state index contributed by atoms with van der Waals surface area (Å²) in [5.74, 6) is 0.602. The van der Waals surface area contributed by atoms with Crippen LogP contribution in [0.2, 0.25) is 0 Å². The summed E-state index contributed by atoms with van der Waals surface area (Å²) in [5, 5.41) is 9.89. The molecule has 0 bridgehead atoms. The molecule has 1 atom stereocenters. The lowest BCUT2D eigenvalue weighted by Crippen LogP contribution is -2.33. The highest BCUT2D eigenvalue weighted by molar-refractivity contribution is 5.45. The zero-order valence-corrected chi connectivity index (χ0v) is 9.39. The van der Waals surface area contributed by atoms with Gasteiger partial charge in [-0.25, -0.2) is 0 Å². The highest BCUT2D eigenvalue weighted by Crippen LogP contribution is 2.35. The van der Waals surface area contributed by atoms with Crippen LogP contribution < -0.4 is 0 Å². The predicted octanol–water partition coefficient (Wildman–Crippen LogP) is 2.66. The Kier molecular flexibility index (Phi) is 3.11. The molecule has 2 rings (SSSR count). The fourth-order valence-electron chi connectivity index (χ4n) is 2.35. The van der Waals surface area contributed by atoms with Crippen molar-refractivity contribution < 1.29 is 5.11 Å². The van der Waals surface area contributed by atoms with Gasteiger partial charge in [-0.05, 0) is 11.6 Å². The summed E-state index contributed by atoms with van der Waals surface area (Å²) in [7, 11) is 0. The number of aromatic hydroxyl groups is 1. The van der Waals surface area contributed by atoms with Crippen LogP contribution in [-0.4, -0.2) is 23.1 Å². The lowest BCUT2D eigenvalue weighted by molar-refractivity contribution is 0.265. The first-order valence-electron chi connectivity index (χ1n) is 5.52. The highest BCUT2D eigenvalue weighted by Gasteiger charge is 2.24. The van der Waals surface area contributed by atoms with Gasteiger partial charge >= 0.3 is 0 Å². The van der Waals surface area contributed by atoms with Gasteiger partial charge in [0.1, 0.15) is 5.75 Å². The minimum Gasteiger partial charge on any atom is -0.508 e. The van der Waals surface area contributed by atoms with Gasteiger partial charge in [0.25, 0.3) is 0 Å². The summed E-state index contributed by atoms with van der Waals surface area (Å²) in [6.07, 6.45) is 3.82. The molecular formula is C14H17NO. The van der Waals surface area contributed by atoms with E-state index in [1.54, 1.807) is 6.07 Å². The first-order chi connectivity index (χ1) is 7.76. The van der Waals surface area contributed by atoms with E-state index in [0.717, 1.165) is 25.2 Å². The van der Waals surface area contributed by atoms with Crippen molar-refractivity contribution in [2.45, 2.75) is 12.5 Å². The Hall–Kier alpha value is -1.54. The number of hydrogen-bond acceptors (Lipinski definition) is 2. The molecule has 2 nitrogen and oxygen atoms in total. The highest BCUT2D eigenvalue weighted by atomic mass is 16.3. The van der Waals surface area contributed by atoms with Crippen molar-refractivity contribution in [1.82, 2.24) is 4.90 Å². The van der Waals surface area contributed by atoms with Crippen LogP contribution in [0.5, 0.6) is 5.75 Å². The molecule has 16 heavy (non-hydrogen) atoms. The molecule has 1 aromatic rings. The predicted molar refractivity (Wildman–Crippen MR) is 66.5 cm³/mol. The average Bonchev–Trinajstić information content (AvgIpc) is 2.28. The van der Waals surface area contributed by atoms with Crippen LogP contribution in [0.25, 0.3) is 0 Å². The molecule has 0 spiro atoms. The number of fused-ring (bicyclic) bond motifs is 1. The second kappa shape index (κ2) is 4.54. The molecule has 1 aliphatic heterocycles. The molecule has 0 unspecified atom stereocenters. The van der Waals surface area contributed by atoms with Gasteiger partial charge in [-0.1, -0.05) is 24.3 Å². The topological polar surface area (TPSA) is 23.5 Å². The lowest BCUT2D eigenvalue weighted by atomic mass is 9.89. The van der Waals surface area contributed by atoms with E-state index in [4.69, 9.17) is 0 Å². The number of nitrogens with zero attached hydrogens (tertiary/aromatic N) is 1. The number of phenols is 1. The molecule has 1 heterocycles. The third-order valence-electron chi connectivity index (χ3n) is 3.06. The molecule has 0 aliphatic carbocycles. The Balaban J connectivity index is 2.37. The van der Waals surface area contributed by atoms with Gasteiger partial charge < -0.3 is 5.11 Å². The zero-order chi connectivity index (χ0) is 11.5. The smallest absolute Gasteiger partial charge is 0.119 e. The average molecular weight is 215 g/mol. The normalized spacial score (nSPS) is 20.1. The van der Waals surface area contributed by atoms with Crippen LogP contribution in [0.15, 0.2) is 43.5 Å². The second-order valence-electron chi connectivity index (χ2n) is 4.17. The maximum Gasteiger partial charge on any atom is 0.119 e. The van der Waals surface area contributed by atoms with Crippen LogP contribution in [-0.2, 0) is 6.54 Å². The molecule has 0 fully saturated rings. The number of benzene rings is 1. The van der Waals surface area contributed by atoms with Gasteiger partial charge in [0.2, 0.25) is 0 Å². The molecule has 1 aromatic carbocycles. The van der Waals surface area contributed by atoms with Gasteiger partial charge in [0, 0.05) is 31.1 Å². The summed E-state index contributed by atoms with van der Waals surface area (Å²) in [6, 6.07) is 5.71. The first kappa shape index (κ1) is 11.0. The van der Waals surface area contributed by atoms with Crippen LogP contribution in [0.3, 0.4) is 0 Å². The monoisotopic (exact) mass is 215 g/mol. The third-order valence-corrected chi connectivity index (χ3v) is 3.06. The Labute approximate surface area is 96.5 Å². The van der Waals surface area contributed by atoms with E-state index in [1.807, 2.05) is 18.2 Å². The molecular weight excluding hydrogens is 198 g/mol.